The van der Waals surface area contributed by atoms with Gasteiger partial charge in [-0.2, -0.15) is 0 Å². The highest BCUT2D eigenvalue weighted by atomic mass is 79.9. The molecule has 0 amide bonds. The molecule has 2 aromatic carbocycles. The summed E-state index contributed by atoms with van der Waals surface area (Å²) in [7, 11) is 1.49. The molecular weight excluding hydrogens is 313 g/mol. The smallest absolute Gasteiger partial charge is 0.160 e. The summed E-state index contributed by atoms with van der Waals surface area (Å²) in [4.78, 5) is 0. The number of methoxy groups -OCH3 is 1. The van der Waals surface area contributed by atoms with Crippen LogP contribution in [0, 0.1) is 5.82 Å². The van der Waals surface area contributed by atoms with Gasteiger partial charge in [-0.3, -0.25) is 0 Å². The van der Waals surface area contributed by atoms with Crippen LogP contribution in [0.1, 0.15) is 5.56 Å². The molecule has 0 spiro atoms. The fourth-order valence-corrected chi connectivity index (χ4v) is 2.18. The van der Waals surface area contributed by atoms with Crippen LogP contribution >= 0.6 is 15.9 Å². The Morgan fingerprint density at radius 2 is 2.11 bits per heavy atom. The van der Waals surface area contributed by atoms with Crippen molar-refractivity contribution in [3.8, 4) is 11.5 Å². The van der Waals surface area contributed by atoms with Crippen LogP contribution in [0.25, 0.3) is 0 Å². The number of hydrogen-bond donors (Lipinski definition) is 2. The number of hydrogen-bond acceptors (Lipinski definition) is 3. The van der Waals surface area contributed by atoms with Crippen LogP contribution in [0.2, 0.25) is 0 Å². The van der Waals surface area contributed by atoms with E-state index in [1.807, 2.05) is 0 Å². The Balaban J connectivity index is 2.13. The highest BCUT2D eigenvalue weighted by molar-refractivity contribution is 9.10. The van der Waals surface area contributed by atoms with Crippen LogP contribution in [0.3, 0.4) is 0 Å². The lowest BCUT2D eigenvalue weighted by molar-refractivity contribution is 0.373. The molecule has 0 atom stereocenters. The van der Waals surface area contributed by atoms with Gasteiger partial charge in [-0.05, 0) is 45.8 Å². The average molecular weight is 326 g/mol. The van der Waals surface area contributed by atoms with Gasteiger partial charge < -0.3 is 15.2 Å². The van der Waals surface area contributed by atoms with Crippen molar-refractivity contribution in [2.75, 3.05) is 12.4 Å². The van der Waals surface area contributed by atoms with E-state index in [4.69, 9.17) is 4.74 Å². The minimum absolute atomic E-state index is 0.0643. The largest absolute Gasteiger partial charge is 0.504 e. The molecule has 5 heteroatoms. The molecular formula is C14H13BrFNO2. The van der Waals surface area contributed by atoms with Gasteiger partial charge in [-0.15, -0.1) is 0 Å². The number of anilines is 1. The van der Waals surface area contributed by atoms with Crippen molar-refractivity contribution < 1.29 is 14.2 Å². The summed E-state index contributed by atoms with van der Waals surface area (Å²) >= 11 is 3.29. The maximum absolute atomic E-state index is 13.6. The molecule has 0 aliphatic rings. The predicted octanol–water partition coefficient (Wildman–Crippen LogP) is 3.91. The minimum atomic E-state index is -0.327. The quantitative estimate of drug-likeness (QED) is 0.895. The van der Waals surface area contributed by atoms with Crippen molar-refractivity contribution in [1.29, 1.82) is 0 Å². The molecule has 0 radical (unpaired) electrons. The fourth-order valence-electron chi connectivity index (χ4n) is 1.70. The summed E-state index contributed by atoms with van der Waals surface area (Å²) < 4.78 is 19.2. The van der Waals surface area contributed by atoms with Gasteiger partial charge in [0.05, 0.1) is 12.8 Å². The first-order chi connectivity index (χ1) is 9.11. The monoisotopic (exact) mass is 325 g/mol. The molecule has 0 fully saturated rings. The second kappa shape index (κ2) is 5.93. The Kier molecular flexibility index (Phi) is 4.27. The molecule has 2 N–H and O–H groups in total. The van der Waals surface area contributed by atoms with Gasteiger partial charge in [-0.1, -0.05) is 12.1 Å². The van der Waals surface area contributed by atoms with E-state index in [0.717, 1.165) is 5.56 Å². The van der Waals surface area contributed by atoms with Crippen LogP contribution in [0.15, 0.2) is 40.9 Å². The molecule has 2 aromatic rings. The number of phenols is 1. The van der Waals surface area contributed by atoms with E-state index in [1.54, 1.807) is 30.3 Å². The van der Waals surface area contributed by atoms with Gasteiger partial charge in [0.2, 0.25) is 0 Å². The Morgan fingerprint density at radius 3 is 2.74 bits per heavy atom. The maximum Gasteiger partial charge on any atom is 0.160 e. The molecule has 0 saturated heterocycles. The summed E-state index contributed by atoms with van der Waals surface area (Å²) in [6.45, 7) is 0.400. The molecule has 2 rings (SSSR count). The third kappa shape index (κ3) is 3.17. The van der Waals surface area contributed by atoms with Crippen LogP contribution in [0.4, 0.5) is 10.1 Å². The van der Waals surface area contributed by atoms with Crippen LogP contribution in [-0.4, -0.2) is 12.2 Å². The zero-order valence-corrected chi connectivity index (χ0v) is 11.9. The number of benzene rings is 2. The zero-order chi connectivity index (χ0) is 13.8. The predicted molar refractivity (Wildman–Crippen MR) is 76.1 cm³/mol. The lowest BCUT2D eigenvalue weighted by atomic mass is 10.2. The van der Waals surface area contributed by atoms with Crippen LogP contribution in [-0.2, 0) is 6.54 Å². The number of nitrogens with one attached hydrogen (secondary N) is 1. The van der Waals surface area contributed by atoms with Gasteiger partial charge in [0.1, 0.15) is 5.82 Å². The van der Waals surface area contributed by atoms with Gasteiger partial charge in [0.25, 0.3) is 0 Å². The van der Waals surface area contributed by atoms with Crippen molar-refractivity contribution in [3.05, 3.63) is 52.3 Å². The molecule has 0 heterocycles. The first-order valence-electron chi connectivity index (χ1n) is 5.65. The fraction of sp³-hybridized carbons (Fsp3) is 0.143. The van der Waals surface area contributed by atoms with E-state index in [9.17, 15) is 9.50 Å². The molecule has 3 nitrogen and oxygen atoms in total. The molecule has 0 saturated carbocycles. The first kappa shape index (κ1) is 13.7. The average Bonchev–Trinajstić information content (AvgIpc) is 2.38. The summed E-state index contributed by atoms with van der Waals surface area (Å²) in [5, 5.41) is 12.7. The van der Waals surface area contributed by atoms with Crippen molar-refractivity contribution in [2.45, 2.75) is 6.54 Å². The molecule has 0 aliphatic carbocycles. The van der Waals surface area contributed by atoms with Crippen LogP contribution in [0.5, 0.6) is 11.5 Å². The van der Waals surface area contributed by atoms with E-state index in [-0.39, 0.29) is 11.6 Å². The van der Waals surface area contributed by atoms with E-state index in [0.29, 0.717) is 22.5 Å². The maximum atomic E-state index is 13.6. The molecule has 0 unspecified atom stereocenters. The third-order valence-corrected chi connectivity index (χ3v) is 3.34. The SMILES string of the molecule is COc1ccc(CNc2c(F)cccc2Br)cc1O. The number of ether oxygens (including phenoxy) is 1. The molecule has 0 bridgehead atoms. The second-order valence-corrected chi connectivity index (χ2v) is 4.81. The van der Waals surface area contributed by atoms with Gasteiger partial charge in [-0.25, -0.2) is 4.39 Å². The highest BCUT2D eigenvalue weighted by Crippen LogP contribution is 2.28. The van der Waals surface area contributed by atoms with Crippen molar-refractivity contribution in [1.82, 2.24) is 0 Å². The summed E-state index contributed by atoms with van der Waals surface area (Å²) in [5.74, 6) is 0.150. The molecule has 0 aromatic heterocycles. The van der Waals surface area contributed by atoms with Crippen molar-refractivity contribution >= 4 is 21.6 Å². The zero-order valence-electron chi connectivity index (χ0n) is 10.3. The van der Waals surface area contributed by atoms with Gasteiger partial charge >= 0.3 is 0 Å². The minimum Gasteiger partial charge on any atom is -0.504 e. The highest BCUT2D eigenvalue weighted by Gasteiger charge is 2.07. The Morgan fingerprint density at radius 1 is 1.32 bits per heavy atom. The number of halogens is 2. The van der Waals surface area contributed by atoms with Crippen molar-refractivity contribution in [3.63, 3.8) is 0 Å². The third-order valence-electron chi connectivity index (χ3n) is 2.68. The van der Waals surface area contributed by atoms with Gasteiger partial charge in [0, 0.05) is 11.0 Å². The summed E-state index contributed by atoms with van der Waals surface area (Å²) in [6, 6.07) is 9.84. The van der Waals surface area contributed by atoms with Crippen molar-refractivity contribution in [2.24, 2.45) is 0 Å². The number of rotatable bonds is 4. The van der Waals surface area contributed by atoms with Crippen LogP contribution < -0.4 is 10.1 Å². The topological polar surface area (TPSA) is 41.5 Å². The number of phenolic OH excluding ortho intramolecular Hbond substituents is 1. The Hall–Kier alpha value is -1.75. The van der Waals surface area contributed by atoms with Gasteiger partial charge in [0.15, 0.2) is 11.5 Å². The first-order valence-corrected chi connectivity index (χ1v) is 6.45. The molecule has 100 valence electrons. The lowest BCUT2D eigenvalue weighted by Gasteiger charge is -2.11. The van der Waals surface area contributed by atoms with E-state index in [1.165, 1.54) is 13.2 Å². The Bertz CT molecular complexity index is 569. The lowest BCUT2D eigenvalue weighted by Crippen LogP contribution is -2.02. The van der Waals surface area contributed by atoms with E-state index < -0.39 is 0 Å². The van der Waals surface area contributed by atoms with E-state index in [2.05, 4.69) is 21.2 Å². The normalized spacial score (nSPS) is 10.3. The Labute approximate surface area is 119 Å². The summed E-state index contributed by atoms with van der Waals surface area (Å²) in [5.41, 5.74) is 1.23. The summed E-state index contributed by atoms with van der Waals surface area (Å²) in [6.07, 6.45) is 0. The number of aromatic hydroxyl groups is 1. The molecule has 0 aliphatic heterocycles. The number of para-hydroxylation sites is 1. The second-order valence-electron chi connectivity index (χ2n) is 3.96. The van der Waals surface area contributed by atoms with E-state index >= 15 is 0 Å². The standard InChI is InChI=1S/C14H13BrFNO2/c1-19-13-6-5-9(7-12(13)18)8-17-14-10(15)3-2-4-11(14)16/h2-7,17-18H,8H2,1H3. The molecule has 19 heavy (non-hydrogen) atoms.